The molecule has 2 aliphatic rings. The predicted molar refractivity (Wildman–Crippen MR) is 86.3 cm³/mol. The molecule has 4 heteroatoms. The molecular weight excluding hydrogens is 285 g/mol. The van der Waals surface area contributed by atoms with Gasteiger partial charge in [0.2, 0.25) is 0 Å². The minimum atomic E-state index is -0.159. The molecule has 0 aromatic heterocycles. The van der Waals surface area contributed by atoms with Crippen molar-refractivity contribution in [3.63, 3.8) is 0 Å². The molecule has 0 aliphatic carbocycles. The Kier molecular flexibility index (Phi) is 4.87. The Labute approximate surface area is 130 Å². The van der Waals surface area contributed by atoms with E-state index >= 15 is 0 Å². The van der Waals surface area contributed by atoms with Gasteiger partial charge in [-0.25, -0.2) is 4.39 Å². The molecule has 3 atom stereocenters. The van der Waals surface area contributed by atoms with Gasteiger partial charge in [-0.15, -0.1) is 0 Å². The van der Waals surface area contributed by atoms with E-state index < -0.39 is 0 Å². The van der Waals surface area contributed by atoms with Crippen molar-refractivity contribution in [1.29, 1.82) is 0 Å². The van der Waals surface area contributed by atoms with Crippen molar-refractivity contribution in [3.8, 4) is 0 Å². The van der Waals surface area contributed by atoms with Gasteiger partial charge in [-0.05, 0) is 62.1 Å². The fourth-order valence-corrected chi connectivity index (χ4v) is 5.03. The quantitative estimate of drug-likeness (QED) is 0.922. The summed E-state index contributed by atoms with van der Waals surface area (Å²) in [5.74, 6) is 2.87. The number of rotatable bonds is 4. The lowest BCUT2D eigenvalue weighted by Crippen LogP contribution is -2.47. The van der Waals surface area contributed by atoms with Gasteiger partial charge in [-0.3, -0.25) is 0 Å². The van der Waals surface area contributed by atoms with Crippen LogP contribution >= 0.6 is 11.8 Å². The summed E-state index contributed by atoms with van der Waals surface area (Å²) in [7, 11) is 2.04. The maximum absolute atomic E-state index is 13.0. The van der Waals surface area contributed by atoms with Crippen LogP contribution in [0.4, 0.5) is 4.39 Å². The molecule has 3 rings (SSSR count). The van der Waals surface area contributed by atoms with E-state index in [1.54, 1.807) is 12.1 Å². The summed E-state index contributed by atoms with van der Waals surface area (Å²) in [4.78, 5) is 0. The van der Waals surface area contributed by atoms with Crippen molar-refractivity contribution in [2.45, 2.75) is 37.3 Å². The van der Waals surface area contributed by atoms with Gasteiger partial charge in [-0.2, -0.15) is 11.8 Å². The normalized spacial score (nSPS) is 30.7. The van der Waals surface area contributed by atoms with E-state index in [2.05, 4.69) is 5.32 Å². The average Bonchev–Trinajstić information content (AvgIpc) is 2.94. The van der Waals surface area contributed by atoms with Crippen LogP contribution in [0.15, 0.2) is 24.3 Å². The zero-order valence-corrected chi connectivity index (χ0v) is 13.4. The first-order valence-corrected chi connectivity index (χ1v) is 9.00. The van der Waals surface area contributed by atoms with Gasteiger partial charge in [0.25, 0.3) is 0 Å². The zero-order chi connectivity index (χ0) is 14.7. The maximum atomic E-state index is 13.0. The lowest BCUT2D eigenvalue weighted by molar-refractivity contribution is -0.0847. The number of halogens is 1. The van der Waals surface area contributed by atoms with E-state index in [4.69, 9.17) is 4.74 Å². The van der Waals surface area contributed by atoms with Gasteiger partial charge in [-0.1, -0.05) is 12.1 Å². The van der Waals surface area contributed by atoms with Crippen molar-refractivity contribution in [2.75, 3.05) is 25.2 Å². The highest BCUT2D eigenvalue weighted by Gasteiger charge is 2.42. The van der Waals surface area contributed by atoms with Crippen molar-refractivity contribution in [2.24, 2.45) is 5.92 Å². The molecule has 2 saturated heterocycles. The van der Waals surface area contributed by atoms with E-state index in [1.807, 2.05) is 30.9 Å². The van der Waals surface area contributed by atoms with Crippen molar-refractivity contribution >= 4 is 11.8 Å². The van der Waals surface area contributed by atoms with Crippen LogP contribution in [0.2, 0.25) is 0 Å². The minimum Gasteiger partial charge on any atom is -0.374 e. The molecule has 3 unspecified atom stereocenters. The van der Waals surface area contributed by atoms with E-state index in [0.717, 1.165) is 31.6 Å². The van der Waals surface area contributed by atoms with Gasteiger partial charge < -0.3 is 10.1 Å². The largest absolute Gasteiger partial charge is 0.374 e. The van der Waals surface area contributed by atoms with Gasteiger partial charge in [0.15, 0.2) is 0 Å². The first-order valence-electron chi connectivity index (χ1n) is 7.84. The summed E-state index contributed by atoms with van der Waals surface area (Å²) in [6, 6.07) is 7.37. The Morgan fingerprint density at radius 3 is 2.90 bits per heavy atom. The van der Waals surface area contributed by atoms with E-state index in [0.29, 0.717) is 12.0 Å². The van der Waals surface area contributed by atoms with E-state index in [-0.39, 0.29) is 11.4 Å². The first-order chi connectivity index (χ1) is 10.2. The number of hydrogen-bond donors (Lipinski definition) is 1. The fourth-order valence-electron chi connectivity index (χ4n) is 3.65. The molecule has 0 radical (unpaired) electrons. The highest BCUT2D eigenvalue weighted by molar-refractivity contribution is 7.99. The molecule has 0 bridgehead atoms. The highest BCUT2D eigenvalue weighted by Crippen LogP contribution is 2.41. The third-order valence-corrected chi connectivity index (χ3v) is 6.13. The van der Waals surface area contributed by atoms with Gasteiger partial charge in [0, 0.05) is 18.4 Å². The molecule has 1 aromatic carbocycles. The number of nitrogens with one attached hydrogen (secondary N) is 1. The summed E-state index contributed by atoms with van der Waals surface area (Å²) in [6.07, 6.45) is 4.44. The monoisotopic (exact) mass is 309 g/mol. The number of benzene rings is 1. The van der Waals surface area contributed by atoms with Crippen LogP contribution in [-0.4, -0.2) is 36.8 Å². The number of likely N-dealkylation sites (N-methyl/N-ethyl adjacent to an activating group) is 1. The predicted octanol–water partition coefficient (Wildman–Crippen LogP) is 3.26. The molecule has 1 spiro atoms. The summed E-state index contributed by atoms with van der Waals surface area (Å²) in [5, 5.41) is 3.49. The highest BCUT2D eigenvalue weighted by atomic mass is 32.2. The Hall–Kier alpha value is -0.580. The summed E-state index contributed by atoms with van der Waals surface area (Å²) in [6.45, 7) is 0.882. The molecule has 0 saturated carbocycles. The Bertz CT molecular complexity index is 458. The second-order valence-electron chi connectivity index (χ2n) is 6.31. The summed E-state index contributed by atoms with van der Waals surface area (Å²) < 4.78 is 19.1. The smallest absolute Gasteiger partial charge is 0.123 e. The van der Waals surface area contributed by atoms with E-state index in [9.17, 15) is 4.39 Å². The molecule has 2 aliphatic heterocycles. The van der Waals surface area contributed by atoms with E-state index in [1.165, 1.54) is 17.7 Å². The van der Waals surface area contributed by atoms with Crippen LogP contribution in [0, 0.1) is 11.7 Å². The first kappa shape index (κ1) is 15.3. The van der Waals surface area contributed by atoms with Crippen LogP contribution in [0.1, 0.15) is 24.8 Å². The van der Waals surface area contributed by atoms with Gasteiger partial charge in [0.1, 0.15) is 5.82 Å². The van der Waals surface area contributed by atoms with Crippen molar-refractivity contribution in [1.82, 2.24) is 5.32 Å². The molecule has 0 amide bonds. The molecule has 1 N–H and O–H groups in total. The van der Waals surface area contributed by atoms with Crippen LogP contribution in [-0.2, 0) is 11.2 Å². The fraction of sp³-hybridized carbons (Fsp3) is 0.647. The van der Waals surface area contributed by atoms with Crippen LogP contribution in [0.25, 0.3) is 0 Å². The van der Waals surface area contributed by atoms with Crippen LogP contribution in [0.3, 0.4) is 0 Å². The Morgan fingerprint density at radius 1 is 1.43 bits per heavy atom. The van der Waals surface area contributed by atoms with Crippen LogP contribution in [0.5, 0.6) is 0 Å². The number of hydrogen-bond acceptors (Lipinski definition) is 3. The van der Waals surface area contributed by atoms with Crippen molar-refractivity contribution < 1.29 is 9.13 Å². The topological polar surface area (TPSA) is 21.3 Å². The lowest BCUT2D eigenvalue weighted by atomic mass is 9.79. The third-order valence-electron chi connectivity index (χ3n) is 4.91. The van der Waals surface area contributed by atoms with Crippen molar-refractivity contribution in [3.05, 3.63) is 35.6 Å². The molecule has 2 fully saturated rings. The third kappa shape index (κ3) is 3.61. The summed E-state index contributed by atoms with van der Waals surface area (Å²) >= 11 is 2.02. The second-order valence-corrected chi connectivity index (χ2v) is 7.42. The van der Waals surface area contributed by atoms with Gasteiger partial charge >= 0.3 is 0 Å². The molecule has 1 aromatic rings. The SMILES string of the molecule is CNC(Cc1ccc(F)cc1)C1CCOC2(CCSC2)C1. The molecular formula is C17H24FNOS. The number of thioether (sulfide) groups is 1. The molecule has 2 heterocycles. The lowest BCUT2D eigenvalue weighted by Gasteiger charge is -2.41. The maximum Gasteiger partial charge on any atom is 0.123 e. The zero-order valence-electron chi connectivity index (χ0n) is 12.6. The second kappa shape index (κ2) is 6.67. The molecule has 116 valence electrons. The minimum absolute atomic E-state index is 0.130. The average molecular weight is 309 g/mol. The summed E-state index contributed by atoms with van der Waals surface area (Å²) in [5.41, 5.74) is 1.34. The molecule has 2 nitrogen and oxygen atoms in total. The Balaban J connectivity index is 1.66. The molecule has 21 heavy (non-hydrogen) atoms. The number of ether oxygens (including phenoxy) is 1. The van der Waals surface area contributed by atoms with Gasteiger partial charge in [0.05, 0.1) is 5.60 Å². The Morgan fingerprint density at radius 2 is 2.24 bits per heavy atom. The standard InChI is InChI=1S/C17H24FNOS/c1-19-16(10-13-2-4-15(18)5-3-13)14-6-8-20-17(11-14)7-9-21-12-17/h2-5,14,16,19H,6-12H2,1H3. The van der Waals surface area contributed by atoms with Crippen LogP contribution < -0.4 is 5.32 Å².